The largest absolute Gasteiger partial charge is 0.269 e. The molecule has 0 aliphatic carbocycles. The topological polar surface area (TPSA) is 43.1 Å². The molecular formula is C8H7BrNO2. The summed E-state index contributed by atoms with van der Waals surface area (Å²) < 4.78 is 0. The molecule has 0 heterocycles. The van der Waals surface area contributed by atoms with Gasteiger partial charge in [0, 0.05) is 17.5 Å². The number of nitro benzene ring substituents is 1. The van der Waals surface area contributed by atoms with Gasteiger partial charge in [-0.15, -0.1) is 0 Å². The molecule has 3 nitrogen and oxygen atoms in total. The van der Waals surface area contributed by atoms with Crippen LogP contribution in [-0.4, -0.2) is 4.92 Å². The second-order valence-electron chi connectivity index (χ2n) is 2.28. The van der Waals surface area contributed by atoms with E-state index in [1.54, 1.807) is 12.1 Å². The Morgan fingerprint density at radius 3 is 2.42 bits per heavy atom. The van der Waals surface area contributed by atoms with Crippen LogP contribution in [0.4, 0.5) is 5.69 Å². The van der Waals surface area contributed by atoms with Gasteiger partial charge in [0.2, 0.25) is 0 Å². The van der Waals surface area contributed by atoms with Gasteiger partial charge in [0.15, 0.2) is 0 Å². The van der Waals surface area contributed by atoms with Crippen LogP contribution >= 0.6 is 15.9 Å². The van der Waals surface area contributed by atoms with E-state index in [0.717, 1.165) is 12.0 Å². The summed E-state index contributed by atoms with van der Waals surface area (Å²) in [7, 11) is 0. The van der Waals surface area contributed by atoms with Gasteiger partial charge in [-0.3, -0.25) is 10.1 Å². The van der Waals surface area contributed by atoms with Crippen molar-refractivity contribution in [1.82, 2.24) is 0 Å². The van der Waals surface area contributed by atoms with Crippen molar-refractivity contribution in [3.05, 3.63) is 45.3 Å². The van der Waals surface area contributed by atoms with E-state index < -0.39 is 4.92 Å². The third-order valence-electron chi connectivity index (χ3n) is 1.46. The Kier molecular flexibility index (Phi) is 3.22. The maximum Gasteiger partial charge on any atom is 0.269 e. The predicted octanol–water partition coefficient (Wildman–Crippen LogP) is 2.69. The normalized spacial score (nSPS) is 9.75. The van der Waals surface area contributed by atoms with E-state index in [-0.39, 0.29) is 5.69 Å². The van der Waals surface area contributed by atoms with Crippen molar-refractivity contribution in [3.63, 3.8) is 0 Å². The van der Waals surface area contributed by atoms with Crippen LogP contribution in [0.2, 0.25) is 0 Å². The average Bonchev–Trinajstić information content (AvgIpc) is 2.06. The lowest BCUT2D eigenvalue weighted by atomic mass is 10.2. The van der Waals surface area contributed by atoms with E-state index >= 15 is 0 Å². The minimum Gasteiger partial charge on any atom is -0.258 e. The molecule has 0 aliphatic rings. The van der Waals surface area contributed by atoms with Crippen molar-refractivity contribution >= 4 is 21.6 Å². The SMILES string of the molecule is O=[N+]([O-])c1ccc(C[CH]Br)cc1. The number of hydrogen-bond acceptors (Lipinski definition) is 2. The van der Waals surface area contributed by atoms with Crippen molar-refractivity contribution in [3.8, 4) is 0 Å². The van der Waals surface area contributed by atoms with E-state index in [4.69, 9.17) is 0 Å². The molecule has 63 valence electrons. The van der Waals surface area contributed by atoms with E-state index in [0.29, 0.717) is 0 Å². The lowest BCUT2D eigenvalue weighted by molar-refractivity contribution is -0.384. The third-order valence-corrected chi connectivity index (χ3v) is 1.78. The molecule has 0 amide bonds. The minimum absolute atomic E-state index is 0.133. The molecule has 1 radical (unpaired) electrons. The summed E-state index contributed by atoms with van der Waals surface area (Å²) in [6, 6.07) is 6.50. The first-order chi connectivity index (χ1) is 5.74. The van der Waals surface area contributed by atoms with Crippen LogP contribution in [0.25, 0.3) is 0 Å². The Bertz CT molecular complexity index is 271. The fourth-order valence-corrected chi connectivity index (χ4v) is 1.22. The number of non-ortho nitro benzene ring substituents is 1. The maximum atomic E-state index is 10.3. The zero-order valence-corrected chi connectivity index (χ0v) is 7.82. The van der Waals surface area contributed by atoms with E-state index in [1.807, 2.05) is 5.33 Å². The Morgan fingerprint density at radius 2 is 2.00 bits per heavy atom. The molecule has 1 aromatic rings. The van der Waals surface area contributed by atoms with Gasteiger partial charge in [0.05, 0.1) is 4.92 Å². The van der Waals surface area contributed by atoms with Crippen LogP contribution in [-0.2, 0) is 6.42 Å². The second-order valence-corrected chi connectivity index (χ2v) is 2.93. The fraction of sp³-hybridized carbons (Fsp3) is 0.125. The molecule has 0 aromatic heterocycles. The van der Waals surface area contributed by atoms with Crippen LogP contribution in [0.3, 0.4) is 0 Å². The molecule has 0 fully saturated rings. The molecule has 0 spiro atoms. The number of hydrogen-bond donors (Lipinski definition) is 0. The minimum atomic E-state index is -0.401. The zero-order chi connectivity index (χ0) is 8.97. The average molecular weight is 229 g/mol. The van der Waals surface area contributed by atoms with Gasteiger partial charge in [-0.25, -0.2) is 0 Å². The molecule has 12 heavy (non-hydrogen) atoms. The maximum absolute atomic E-state index is 10.3. The molecule has 0 unspecified atom stereocenters. The van der Waals surface area contributed by atoms with Crippen LogP contribution in [0, 0.1) is 15.4 Å². The Hall–Kier alpha value is -0.900. The number of nitrogens with zero attached hydrogens (tertiary/aromatic N) is 1. The van der Waals surface area contributed by atoms with Crippen molar-refractivity contribution in [2.75, 3.05) is 0 Å². The lowest BCUT2D eigenvalue weighted by Crippen LogP contribution is -1.88. The number of nitro groups is 1. The molecule has 0 atom stereocenters. The molecule has 0 N–H and O–H groups in total. The predicted molar refractivity (Wildman–Crippen MR) is 50.0 cm³/mol. The Morgan fingerprint density at radius 1 is 1.42 bits per heavy atom. The van der Waals surface area contributed by atoms with E-state index in [9.17, 15) is 10.1 Å². The standard InChI is InChI=1S/C8H7BrNO2/c9-6-5-7-1-3-8(4-2-7)10(11)12/h1-4,6H,5H2. The highest BCUT2D eigenvalue weighted by Gasteiger charge is 2.02. The molecule has 0 saturated carbocycles. The molecule has 1 aromatic carbocycles. The third kappa shape index (κ3) is 2.30. The molecule has 0 bridgehead atoms. The van der Waals surface area contributed by atoms with Gasteiger partial charge in [-0.2, -0.15) is 0 Å². The highest BCUT2D eigenvalue weighted by Crippen LogP contribution is 2.13. The summed E-state index contributed by atoms with van der Waals surface area (Å²) in [4.78, 5) is 9.86. The zero-order valence-electron chi connectivity index (χ0n) is 6.24. The number of benzene rings is 1. The Labute approximate surface area is 78.7 Å². The highest BCUT2D eigenvalue weighted by atomic mass is 79.9. The molecule has 1 rings (SSSR count). The van der Waals surface area contributed by atoms with Crippen LogP contribution in [0.1, 0.15) is 5.56 Å². The summed E-state index contributed by atoms with van der Waals surface area (Å²) in [5, 5.41) is 12.1. The van der Waals surface area contributed by atoms with Gasteiger partial charge in [0.1, 0.15) is 0 Å². The van der Waals surface area contributed by atoms with Crippen molar-refractivity contribution in [2.24, 2.45) is 0 Å². The summed E-state index contributed by atoms with van der Waals surface area (Å²) in [6.07, 6.45) is 0.776. The van der Waals surface area contributed by atoms with Gasteiger partial charge < -0.3 is 0 Å². The van der Waals surface area contributed by atoms with Gasteiger partial charge in [0.25, 0.3) is 5.69 Å². The first kappa shape index (κ1) is 9.19. The smallest absolute Gasteiger partial charge is 0.258 e. The lowest BCUT2D eigenvalue weighted by Gasteiger charge is -1.95. The van der Waals surface area contributed by atoms with Crippen LogP contribution in [0.5, 0.6) is 0 Å². The van der Waals surface area contributed by atoms with E-state index in [1.165, 1.54) is 12.1 Å². The summed E-state index contributed by atoms with van der Waals surface area (Å²) >= 11 is 3.17. The van der Waals surface area contributed by atoms with Crippen molar-refractivity contribution in [1.29, 1.82) is 0 Å². The molecule has 0 aliphatic heterocycles. The molecule has 0 saturated heterocycles. The van der Waals surface area contributed by atoms with E-state index in [2.05, 4.69) is 15.9 Å². The highest BCUT2D eigenvalue weighted by molar-refractivity contribution is 9.10. The number of rotatable bonds is 3. The summed E-state index contributed by atoms with van der Waals surface area (Å²) in [5.74, 6) is 0. The van der Waals surface area contributed by atoms with Gasteiger partial charge >= 0.3 is 0 Å². The molecular weight excluding hydrogens is 222 g/mol. The quantitative estimate of drug-likeness (QED) is 0.590. The van der Waals surface area contributed by atoms with Gasteiger partial charge in [-0.1, -0.05) is 28.1 Å². The first-order valence-electron chi connectivity index (χ1n) is 3.39. The first-order valence-corrected chi connectivity index (χ1v) is 4.31. The van der Waals surface area contributed by atoms with Crippen LogP contribution < -0.4 is 0 Å². The van der Waals surface area contributed by atoms with Crippen molar-refractivity contribution in [2.45, 2.75) is 6.42 Å². The monoisotopic (exact) mass is 228 g/mol. The van der Waals surface area contributed by atoms with Crippen molar-refractivity contribution < 1.29 is 4.92 Å². The van der Waals surface area contributed by atoms with Crippen LogP contribution in [0.15, 0.2) is 24.3 Å². The van der Waals surface area contributed by atoms with Gasteiger partial charge in [-0.05, 0) is 12.0 Å². The summed E-state index contributed by atoms with van der Waals surface area (Å²) in [5.41, 5.74) is 1.19. The fourth-order valence-electron chi connectivity index (χ4n) is 0.843. The summed E-state index contributed by atoms with van der Waals surface area (Å²) in [6.45, 7) is 0. The Balaban J connectivity index is 2.78. The second kappa shape index (κ2) is 4.21. The molecule has 4 heteroatoms. The number of halogens is 1.